The second kappa shape index (κ2) is 4.55. The molecule has 4 nitrogen and oxygen atoms in total. The van der Waals surface area contributed by atoms with Gasteiger partial charge in [0.1, 0.15) is 9.84 Å². The highest BCUT2D eigenvalue weighted by molar-refractivity contribution is 9.10. The van der Waals surface area contributed by atoms with Crippen molar-refractivity contribution >= 4 is 49.0 Å². The van der Waals surface area contributed by atoms with Crippen LogP contribution in [0.4, 0.5) is 0 Å². The number of H-pyrrole nitrogens is 1. The number of nitrogens with zero attached hydrogens (tertiary/aromatic N) is 1. The highest BCUT2D eigenvalue weighted by Crippen LogP contribution is 2.19. The molecule has 1 aromatic heterocycles. The van der Waals surface area contributed by atoms with Crippen LogP contribution in [0.3, 0.4) is 0 Å². The molecule has 2 aromatic rings. The molecule has 1 aromatic carbocycles. The number of hydrogen-bond acceptors (Lipinski definition) is 3. The van der Waals surface area contributed by atoms with E-state index in [2.05, 4.69) is 20.9 Å². The Morgan fingerprint density at radius 3 is 2.82 bits per heavy atom. The summed E-state index contributed by atoms with van der Waals surface area (Å²) in [6.07, 6.45) is 1.22. The summed E-state index contributed by atoms with van der Waals surface area (Å²) in [4.78, 5) is 3.06. The van der Waals surface area contributed by atoms with E-state index in [-0.39, 0.29) is 5.75 Å². The molecule has 0 aliphatic heterocycles. The Hall–Kier alpha value is -0.660. The topological polar surface area (TPSA) is 54.9 Å². The van der Waals surface area contributed by atoms with Crippen molar-refractivity contribution in [2.24, 2.45) is 0 Å². The number of fused-ring (bicyclic) bond motifs is 1. The summed E-state index contributed by atoms with van der Waals surface area (Å²) < 4.78 is 25.6. The van der Waals surface area contributed by atoms with Crippen molar-refractivity contribution in [3.63, 3.8) is 0 Å². The van der Waals surface area contributed by atoms with E-state index in [1.165, 1.54) is 6.26 Å². The van der Waals surface area contributed by atoms with Gasteiger partial charge in [-0.2, -0.15) is 0 Å². The Balaban J connectivity index is 2.47. The summed E-state index contributed by atoms with van der Waals surface area (Å²) >= 11 is 8.56. The lowest BCUT2D eigenvalue weighted by molar-refractivity contribution is 0.595. The Kier molecular flexibility index (Phi) is 3.42. The van der Waals surface area contributed by atoms with Crippen molar-refractivity contribution in [2.45, 2.75) is 6.54 Å². The molecule has 92 valence electrons. The first-order valence-electron chi connectivity index (χ1n) is 4.92. The third-order valence-electron chi connectivity index (χ3n) is 2.42. The molecule has 17 heavy (non-hydrogen) atoms. The van der Waals surface area contributed by atoms with E-state index in [1.807, 2.05) is 18.2 Å². The van der Waals surface area contributed by atoms with Crippen molar-refractivity contribution in [1.82, 2.24) is 9.55 Å². The van der Waals surface area contributed by atoms with E-state index < -0.39 is 9.84 Å². The van der Waals surface area contributed by atoms with Gasteiger partial charge in [0.15, 0.2) is 4.77 Å². The van der Waals surface area contributed by atoms with E-state index in [0.717, 1.165) is 15.5 Å². The second-order valence-corrected chi connectivity index (χ2v) is 7.44. The first-order valence-corrected chi connectivity index (χ1v) is 8.19. The van der Waals surface area contributed by atoms with Gasteiger partial charge in [-0.3, -0.25) is 0 Å². The van der Waals surface area contributed by atoms with Crippen LogP contribution in [-0.4, -0.2) is 30.0 Å². The molecule has 0 amide bonds. The molecule has 1 heterocycles. The molecule has 0 saturated carbocycles. The molecule has 1 N–H and O–H groups in total. The molecule has 0 radical (unpaired) electrons. The Morgan fingerprint density at radius 2 is 2.18 bits per heavy atom. The predicted molar refractivity (Wildman–Crippen MR) is 74.5 cm³/mol. The van der Waals surface area contributed by atoms with Gasteiger partial charge in [0, 0.05) is 17.3 Å². The van der Waals surface area contributed by atoms with Crippen LogP contribution >= 0.6 is 28.1 Å². The molecule has 0 unspecified atom stereocenters. The number of aromatic amines is 1. The van der Waals surface area contributed by atoms with E-state index in [9.17, 15) is 8.42 Å². The number of sulfone groups is 1. The lowest BCUT2D eigenvalue weighted by atomic mass is 10.3. The summed E-state index contributed by atoms with van der Waals surface area (Å²) in [6.45, 7) is 0.374. The van der Waals surface area contributed by atoms with Crippen molar-refractivity contribution < 1.29 is 8.42 Å². The summed E-state index contributed by atoms with van der Waals surface area (Å²) in [5.41, 5.74) is 1.82. The minimum atomic E-state index is -2.98. The second-order valence-electron chi connectivity index (χ2n) is 3.87. The maximum atomic E-state index is 11.2. The third kappa shape index (κ3) is 2.97. The SMILES string of the molecule is CS(=O)(=O)CCn1c(=S)[nH]c2cc(Br)ccc21. The van der Waals surface area contributed by atoms with Crippen LogP contribution in [0.1, 0.15) is 0 Å². The molecule has 2 rings (SSSR count). The molecular weight excluding hydrogens is 324 g/mol. The zero-order chi connectivity index (χ0) is 12.6. The zero-order valence-electron chi connectivity index (χ0n) is 9.10. The van der Waals surface area contributed by atoms with Crippen LogP contribution in [0.5, 0.6) is 0 Å². The number of aryl methyl sites for hydroxylation is 1. The van der Waals surface area contributed by atoms with Gasteiger partial charge in [-0.25, -0.2) is 8.42 Å². The number of hydrogen-bond donors (Lipinski definition) is 1. The lowest BCUT2D eigenvalue weighted by Gasteiger charge is -2.03. The van der Waals surface area contributed by atoms with Gasteiger partial charge in [-0.05, 0) is 30.4 Å². The fourth-order valence-corrected chi connectivity index (χ4v) is 2.79. The van der Waals surface area contributed by atoms with Crippen LogP contribution in [0.15, 0.2) is 22.7 Å². The minimum Gasteiger partial charge on any atom is -0.331 e. The average molecular weight is 335 g/mol. The highest BCUT2D eigenvalue weighted by atomic mass is 79.9. The first kappa shape index (κ1) is 12.8. The summed E-state index contributed by atoms with van der Waals surface area (Å²) in [7, 11) is -2.98. The van der Waals surface area contributed by atoms with Gasteiger partial charge >= 0.3 is 0 Å². The van der Waals surface area contributed by atoms with Gasteiger partial charge in [-0.1, -0.05) is 15.9 Å². The molecule has 0 atom stereocenters. The maximum absolute atomic E-state index is 11.2. The Morgan fingerprint density at radius 1 is 1.47 bits per heavy atom. The average Bonchev–Trinajstić information content (AvgIpc) is 2.48. The molecule has 7 heteroatoms. The first-order chi connectivity index (χ1) is 7.87. The highest BCUT2D eigenvalue weighted by Gasteiger charge is 2.08. The van der Waals surface area contributed by atoms with Crippen molar-refractivity contribution in [3.05, 3.63) is 27.4 Å². The number of halogens is 1. The smallest absolute Gasteiger partial charge is 0.178 e. The van der Waals surface area contributed by atoms with Gasteiger partial charge in [0.25, 0.3) is 0 Å². The van der Waals surface area contributed by atoms with Crippen molar-refractivity contribution in [2.75, 3.05) is 12.0 Å². The third-order valence-corrected chi connectivity index (χ3v) is 4.16. The number of benzene rings is 1. The van der Waals surface area contributed by atoms with Crippen molar-refractivity contribution in [3.8, 4) is 0 Å². The Labute approximate surface area is 113 Å². The molecule has 0 bridgehead atoms. The van der Waals surface area contributed by atoms with Crippen LogP contribution < -0.4 is 0 Å². The predicted octanol–water partition coefficient (Wildman–Crippen LogP) is 2.51. The lowest BCUT2D eigenvalue weighted by Crippen LogP contribution is -2.11. The number of rotatable bonds is 3. The number of imidazole rings is 1. The fraction of sp³-hybridized carbons (Fsp3) is 0.300. The monoisotopic (exact) mass is 334 g/mol. The normalized spacial score (nSPS) is 12.1. The fourth-order valence-electron chi connectivity index (χ4n) is 1.61. The summed E-state index contributed by atoms with van der Waals surface area (Å²) in [6, 6.07) is 5.73. The minimum absolute atomic E-state index is 0.0876. The van der Waals surface area contributed by atoms with E-state index >= 15 is 0 Å². The van der Waals surface area contributed by atoms with E-state index in [0.29, 0.717) is 11.3 Å². The van der Waals surface area contributed by atoms with Crippen LogP contribution in [-0.2, 0) is 16.4 Å². The van der Waals surface area contributed by atoms with Gasteiger partial charge in [0.05, 0.1) is 16.8 Å². The van der Waals surface area contributed by atoms with Crippen LogP contribution in [0.2, 0.25) is 0 Å². The summed E-state index contributed by atoms with van der Waals surface area (Å²) in [5.74, 6) is 0.0876. The van der Waals surface area contributed by atoms with E-state index in [1.54, 1.807) is 4.57 Å². The van der Waals surface area contributed by atoms with Gasteiger partial charge in [0.2, 0.25) is 0 Å². The molecule has 0 saturated heterocycles. The molecule has 0 aliphatic rings. The Bertz CT molecular complexity index is 715. The number of aromatic nitrogens is 2. The van der Waals surface area contributed by atoms with Crippen molar-refractivity contribution in [1.29, 1.82) is 0 Å². The molecule has 0 aliphatic carbocycles. The van der Waals surface area contributed by atoms with Gasteiger partial charge < -0.3 is 9.55 Å². The molecule has 0 spiro atoms. The van der Waals surface area contributed by atoms with E-state index in [4.69, 9.17) is 12.2 Å². The van der Waals surface area contributed by atoms with Crippen LogP contribution in [0, 0.1) is 4.77 Å². The maximum Gasteiger partial charge on any atom is 0.178 e. The summed E-state index contributed by atoms with van der Waals surface area (Å²) in [5, 5.41) is 0. The van der Waals surface area contributed by atoms with Gasteiger partial charge in [-0.15, -0.1) is 0 Å². The largest absolute Gasteiger partial charge is 0.331 e. The zero-order valence-corrected chi connectivity index (χ0v) is 12.3. The van der Waals surface area contributed by atoms with Crippen LogP contribution in [0.25, 0.3) is 11.0 Å². The number of nitrogens with one attached hydrogen (secondary N) is 1. The standard InChI is InChI=1S/C10H11BrN2O2S2/c1-17(14,15)5-4-13-9-3-2-7(11)6-8(9)12-10(13)16/h2-3,6H,4-5H2,1H3,(H,12,16). The molecular formula is C10H11BrN2O2S2. The quantitative estimate of drug-likeness (QED) is 0.877. The molecule has 0 fully saturated rings.